The number of carbonyl (C=O) groups is 2. The Balaban J connectivity index is 1.89. The first-order valence-corrected chi connectivity index (χ1v) is 11.9. The number of aliphatic carboxylic acids is 1. The highest BCUT2D eigenvalue weighted by Crippen LogP contribution is 2.51. The van der Waals surface area contributed by atoms with Crippen molar-refractivity contribution in [2.45, 2.75) is 64.3 Å². The molecular weight excluding hydrogens is 414 g/mol. The number of nitrogens with zero attached hydrogens (tertiary/aromatic N) is 1. The Morgan fingerprint density at radius 1 is 1.09 bits per heavy atom. The molecule has 5 rings (SSSR count). The van der Waals surface area contributed by atoms with Gasteiger partial charge in [-0.05, 0) is 54.9 Å². The first-order valence-electron chi connectivity index (χ1n) is 11.9. The molecule has 0 radical (unpaired) electrons. The largest absolute Gasteiger partial charge is 0.481 e. The van der Waals surface area contributed by atoms with Gasteiger partial charge < -0.3 is 14.4 Å². The van der Waals surface area contributed by atoms with E-state index in [1.54, 1.807) is 0 Å². The third-order valence-corrected chi connectivity index (χ3v) is 8.15. The maximum absolute atomic E-state index is 12.6. The van der Waals surface area contributed by atoms with Crippen molar-refractivity contribution in [3.8, 4) is 11.3 Å². The van der Waals surface area contributed by atoms with Crippen LogP contribution in [0.5, 0.6) is 0 Å². The minimum Gasteiger partial charge on any atom is -0.481 e. The molecule has 33 heavy (non-hydrogen) atoms. The zero-order valence-corrected chi connectivity index (χ0v) is 19.6. The number of esters is 1. The monoisotopic (exact) mass is 445 g/mol. The maximum Gasteiger partial charge on any atom is 0.337 e. The number of methoxy groups -OCH3 is 1. The summed E-state index contributed by atoms with van der Waals surface area (Å²) in [6, 6.07) is 14.0. The van der Waals surface area contributed by atoms with E-state index in [1.165, 1.54) is 31.9 Å². The lowest BCUT2D eigenvalue weighted by Crippen LogP contribution is -2.36. The van der Waals surface area contributed by atoms with E-state index < -0.39 is 11.4 Å². The topological polar surface area (TPSA) is 68.5 Å². The van der Waals surface area contributed by atoms with Crippen LogP contribution in [0, 0.1) is 5.41 Å². The van der Waals surface area contributed by atoms with Gasteiger partial charge in [0.25, 0.3) is 0 Å². The summed E-state index contributed by atoms with van der Waals surface area (Å²) in [7, 11) is 1.39. The summed E-state index contributed by atoms with van der Waals surface area (Å²) >= 11 is 0. The van der Waals surface area contributed by atoms with Crippen LogP contribution < -0.4 is 0 Å². The molecule has 172 valence electrons. The van der Waals surface area contributed by atoms with Crippen LogP contribution >= 0.6 is 0 Å². The van der Waals surface area contributed by atoms with Gasteiger partial charge in [0.2, 0.25) is 0 Å². The van der Waals surface area contributed by atoms with Crippen LogP contribution in [-0.4, -0.2) is 28.7 Å². The van der Waals surface area contributed by atoms with Gasteiger partial charge in [0.15, 0.2) is 0 Å². The quantitative estimate of drug-likeness (QED) is 0.477. The molecule has 5 heteroatoms. The second-order valence-corrected chi connectivity index (χ2v) is 9.94. The number of carboxylic acid groups (broad SMARTS) is 1. The predicted molar refractivity (Wildman–Crippen MR) is 129 cm³/mol. The summed E-state index contributed by atoms with van der Waals surface area (Å²) in [4.78, 5) is 25.0. The highest BCUT2D eigenvalue weighted by atomic mass is 16.5. The molecule has 2 aromatic carbocycles. The summed E-state index contributed by atoms with van der Waals surface area (Å²) in [6.45, 7) is 4.23. The van der Waals surface area contributed by atoms with E-state index in [0.717, 1.165) is 40.6 Å². The Morgan fingerprint density at radius 2 is 1.82 bits per heavy atom. The molecule has 2 heterocycles. The van der Waals surface area contributed by atoms with Crippen LogP contribution in [0.25, 0.3) is 22.2 Å². The van der Waals surface area contributed by atoms with E-state index >= 15 is 0 Å². The predicted octanol–water partition coefficient (Wildman–Crippen LogP) is 6.35. The highest BCUT2D eigenvalue weighted by Gasteiger charge is 2.45. The number of aromatic nitrogens is 1. The second kappa shape index (κ2) is 8.05. The average Bonchev–Trinajstić information content (AvgIpc) is 3.11. The van der Waals surface area contributed by atoms with E-state index in [1.807, 2.05) is 44.2 Å². The zero-order valence-electron chi connectivity index (χ0n) is 19.6. The molecule has 0 saturated heterocycles. The molecule has 3 aromatic rings. The number of ether oxygens (including phenoxy) is 1. The van der Waals surface area contributed by atoms with Gasteiger partial charge in [0.1, 0.15) is 0 Å². The molecule has 0 bridgehead atoms. The molecule has 1 aliphatic heterocycles. The van der Waals surface area contributed by atoms with Crippen molar-refractivity contribution in [1.82, 2.24) is 4.57 Å². The lowest BCUT2D eigenvalue weighted by molar-refractivity contribution is -0.150. The van der Waals surface area contributed by atoms with Crippen molar-refractivity contribution >= 4 is 22.8 Å². The Morgan fingerprint density at radius 3 is 2.52 bits per heavy atom. The third-order valence-electron chi connectivity index (χ3n) is 8.15. The maximum atomic E-state index is 12.6. The zero-order chi connectivity index (χ0) is 23.3. The molecule has 5 nitrogen and oxygen atoms in total. The molecule has 2 atom stereocenters. The third kappa shape index (κ3) is 3.28. The fraction of sp³-hybridized carbons (Fsp3) is 0.429. The number of carbonyl (C=O) groups excluding carboxylic acids is 1. The van der Waals surface area contributed by atoms with Gasteiger partial charge in [-0.25, -0.2) is 4.79 Å². The van der Waals surface area contributed by atoms with Crippen molar-refractivity contribution in [2.75, 3.05) is 7.11 Å². The Kier molecular flexibility index (Phi) is 5.31. The van der Waals surface area contributed by atoms with Crippen LogP contribution in [0.4, 0.5) is 0 Å². The number of hydrogen-bond donors (Lipinski definition) is 1. The summed E-state index contributed by atoms with van der Waals surface area (Å²) in [5.74, 6) is -0.916. The molecule has 1 aromatic heterocycles. The lowest BCUT2D eigenvalue weighted by Gasteiger charge is -2.31. The smallest absolute Gasteiger partial charge is 0.337 e. The van der Waals surface area contributed by atoms with Gasteiger partial charge >= 0.3 is 11.9 Å². The number of fused-ring (bicyclic) bond motifs is 5. The fourth-order valence-corrected chi connectivity index (χ4v) is 6.03. The van der Waals surface area contributed by atoms with Gasteiger partial charge in [-0.15, -0.1) is 0 Å². The summed E-state index contributed by atoms with van der Waals surface area (Å²) in [5, 5.41) is 11.5. The summed E-state index contributed by atoms with van der Waals surface area (Å²) < 4.78 is 7.17. The number of rotatable bonds is 3. The Hall–Kier alpha value is -3.08. The molecule has 0 amide bonds. The van der Waals surface area contributed by atoms with Gasteiger partial charge in [-0.2, -0.15) is 0 Å². The van der Waals surface area contributed by atoms with Gasteiger partial charge in [0.05, 0.1) is 23.8 Å². The minimum atomic E-state index is -0.988. The van der Waals surface area contributed by atoms with Crippen molar-refractivity contribution < 1.29 is 19.4 Å². The lowest BCUT2D eigenvalue weighted by atomic mass is 9.73. The van der Waals surface area contributed by atoms with Gasteiger partial charge in [-0.1, -0.05) is 56.5 Å². The van der Waals surface area contributed by atoms with Crippen LogP contribution in [0.1, 0.15) is 79.3 Å². The molecule has 1 N–H and O–H groups in total. The number of benzene rings is 2. The Bertz CT molecular complexity index is 1250. The first-order chi connectivity index (χ1) is 15.9. The molecule has 2 unspecified atom stereocenters. The van der Waals surface area contributed by atoms with E-state index in [2.05, 4.69) is 16.7 Å². The molecule has 1 aliphatic carbocycles. The normalized spacial score (nSPS) is 22.9. The average molecular weight is 446 g/mol. The SMILES string of the molecule is COC(=O)c1ccc2c(C3CCCCC3)c3n(c2c1)CC(C)(C(=O)O)C(C)c1ccccc1-3. The summed E-state index contributed by atoms with van der Waals surface area (Å²) in [6.07, 6.45) is 5.96. The van der Waals surface area contributed by atoms with Gasteiger partial charge in [0, 0.05) is 23.0 Å². The van der Waals surface area contributed by atoms with E-state index in [-0.39, 0.29) is 11.9 Å². The minimum absolute atomic E-state index is 0.163. The van der Waals surface area contributed by atoms with E-state index in [9.17, 15) is 14.7 Å². The number of hydrogen-bond acceptors (Lipinski definition) is 3. The highest BCUT2D eigenvalue weighted by molar-refractivity contribution is 5.99. The molecule has 1 fully saturated rings. The van der Waals surface area contributed by atoms with E-state index in [0.29, 0.717) is 18.0 Å². The van der Waals surface area contributed by atoms with Crippen molar-refractivity contribution in [3.05, 3.63) is 59.2 Å². The van der Waals surface area contributed by atoms with E-state index in [4.69, 9.17) is 4.74 Å². The van der Waals surface area contributed by atoms with Crippen LogP contribution in [0.2, 0.25) is 0 Å². The van der Waals surface area contributed by atoms with Crippen LogP contribution in [-0.2, 0) is 16.1 Å². The van der Waals surface area contributed by atoms with Crippen LogP contribution in [0.15, 0.2) is 42.5 Å². The van der Waals surface area contributed by atoms with Crippen LogP contribution in [0.3, 0.4) is 0 Å². The standard InChI is InChI=1S/C28H31NO4/c1-17-20-11-7-8-12-21(20)25-24(18-9-5-4-6-10-18)22-14-13-19(26(30)33-3)15-23(22)29(25)16-28(17,2)27(31)32/h7-8,11-15,17-18H,4-6,9-10,16H2,1-3H3,(H,31,32). The number of carboxylic acids is 1. The summed E-state index contributed by atoms with van der Waals surface area (Å²) in [5.41, 5.74) is 5.06. The van der Waals surface area contributed by atoms with Crippen molar-refractivity contribution in [2.24, 2.45) is 5.41 Å². The van der Waals surface area contributed by atoms with Gasteiger partial charge in [-0.3, -0.25) is 4.79 Å². The first kappa shape index (κ1) is 21.7. The molecule has 2 aliphatic rings. The second-order valence-electron chi connectivity index (χ2n) is 9.94. The van der Waals surface area contributed by atoms with Crippen molar-refractivity contribution in [3.63, 3.8) is 0 Å². The fourth-order valence-electron chi connectivity index (χ4n) is 6.03. The molecule has 1 saturated carbocycles. The molecular formula is C28H31NO4. The Labute approximate surface area is 194 Å². The molecule has 0 spiro atoms. The van der Waals surface area contributed by atoms with Crippen molar-refractivity contribution in [1.29, 1.82) is 0 Å².